The van der Waals surface area contributed by atoms with E-state index in [1.807, 2.05) is 24.3 Å². The number of carbonyl (C=O) groups excluding carboxylic acids is 1. The molecule has 0 spiro atoms. The average Bonchev–Trinajstić information content (AvgIpc) is 3.26. The highest BCUT2D eigenvalue weighted by Crippen LogP contribution is 2.27. The first kappa shape index (κ1) is 19.2. The van der Waals surface area contributed by atoms with Crippen molar-refractivity contribution in [3.05, 3.63) is 74.9 Å². The standard InChI is InChI=1S/C23H25N3O3/c1-2-16-8-7-9-17(14-16)24-21(27)15-25-20-13-6-5-12-19(20)22(28)26(23(25)29)18-10-3-4-11-18/h5-9,12-14,18H,2-4,10-11,15H2,1H3,(H,24,27). The lowest BCUT2D eigenvalue weighted by Crippen LogP contribution is -2.43. The van der Waals surface area contributed by atoms with Crippen LogP contribution in [0.15, 0.2) is 58.1 Å². The van der Waals surface area contributed by atoms with E-state index in [9.17, 15) is 14.4 Å². The van der Waals surface area contributed by atoms with Gasteiger partial charge in [-0.1, -0.05) is 44.0 Å². The van der Waals surface area contributed by atoms with Crippen molar-refractivity contribution in [2.45, 2.75) is 51.6 Å². The van der Waals surface area contributed by atoms with Gasteiger partial charge >= 0.3 is 5.69 Å². The summed E-state index contributed by atoms with van der Waals surface area (Å²) in [4.78, 5) is 38.9. The Hall–Kier alpha value is -3.15. The SMILES string of the molecule is CCc1cccc(NC(=O)Cn2c(=O)n(C3CCCC3)c(=O)c3ccccc32)c1. The number of carbonyl (C=O) groups is 1. The Morgan fingerprint density at radius 1 is 1.07 bits per heavy atom. The van der Waals surface area contributed by atoms with E-state index in [0.29, 0.717) is 16.6 Å². The third-order valence-electron chi connectivity index (χ3n) is 5.69. The van der Waals surface area contributed by atoms with Crippen molar-refractivity contribution in [3.8, 4) is 0 Å². The number of fused-ring (bicyclic) bond motifs is 1. The van der Waals surface area contributed by atoms with Crippen LogP contribution in [0.3, 0.4) is 0 Å². The molecular weight excluding hydrogens is 366 g/mol. The smallest absolute Gasteiger partial charge is 0.325 e. The minimum Gasteiger partial charge on any atom is -0.325 e. The lowest BCUT2D eigenvalue weighted by atomic mass is 10.1. The number of aromatic nitrogens is 2. The number of hydrogen-bond donors (Lipinski definition) is 1. The summed E-state index contributed by atoms with van der Waals surface area (Å²) in [5.74, 6) is -0.290. The molecule has 0 aliphatic heterocycles. The maximum absolute atomic E-state index is 13.2. The van der Waals surface area contributed by atoms with Gasteiger partial charge in [0.05, 0.1) is 10.9 Å². The first-order valence-electron chi connectivity index (χ1n) is 10.2. The van der Waals surface area contributed by atoms with E-state index in [4.69, 9.17) is 0 Å². The first-order chi connectivity index (χ1) is 14.1. The zero-order valence-electron chi connectivity index (χ0n) is 16.6. The molecular formula is C23H25N3O3. The van der Waals surface area contributed by atoms with Crippen LogP contribution in [0.4, 0.5) is 5.69 Å². The number of aryl methyl sites for hydroxylation is 1. The predicted octanol–water partition coefficient (Wildman–Crippen LogP) is 3.48. The van der Waals surface area contributed by atoms with Crippen molar-refractivity contribution >= 4 is 22.5 Å². The Morgan fingerprint density at radius 3 is 2.59 bits per heavy atom. The summed E-state index contributed by atoms with van der Waals surface area (Å²) in [7, 11) is 0. The van der Waals surface area contributed by atoms with Gasteiger partial charge in [0.2, 0.25) is 5.91 Å². The van der Waals surface area contributed by atoms with E-state index in [0.717, 1.165) is 37.7 Å². The molecule has 150 valence electrons. The largest absolute Gasteiger partial charge is 0.332 e. The summed E-state index contributed by atoms with van der Waals surface area (Å²) in [5.41, 5.74) is 1.66. The van der Waals surface area contributed by atoms with E-state index >= 15 is 0 Å². The lowest BCUT2D eigenvalue weighted by molar-refractivity contribution is -0.116. The van der Waals surface area contributed by atoms with Crippen LogP contribution < -0.4 is 16.6 Å². The second-order valence-electron chi connectivity index (χ2n) is 7.60. The summed E-state index contributed by atoms with van der Waals surface area (Å²) in [5, 5.41) is 3.35. The Kier molecular flexibility index (Phi) is 5.34. The molecule has 1 saturated carbocycles. The number of nitrogens with one attached hydrogen (secondary N) is 1. The molecule has 0 atom stereocenters. The second kappa shape index (κ2) is 8.07. The third-order valence-corrected chi connectivity index (χ3v) is 5.69. The lowest BCUT2D eigenvalue weighted by Gasteiger charge is -2.18. The molecule has 1 N–H and O–H groups in total. The van der Waals surface area contributed by atoms with Gasteiger partial charge in [-0.25, -0.2) is 4.79 Å². The van der Waals surface area contributed by atoms with Gasteiger partial charge < -0.3 is 5.32 Å². The topological polar surface area (TPSA) is 73.1 Å². The number of benzene rings is 2. The van der Waals surface area contributed by atoms with E-state index < -0.39 is 5.69 Å². The Balaban J connectivity index is 1.73. The number of rotatable bonds is 5. The number of anilines is 1. The van der Waals surface area contributed by atoms with Crippen LogP contribution in [0.1, 0.15) is 44.2 Å². The van der Waals surface area contributed by atoms with Gasteiger partial charge in [-0.3, -0.25) is 18.7 Å². The minimum absolute atomic E-state index is 0.0878. The van der Waals surface area contributed by atoms with Gasteiger partial charge in [0, 0.05) is 11.7 Å². The molecule has 2 aromatic carbocycles. The summed E-state index contributed by atoms with van der Waals surface area (Å²) >= 11 is 0. The van der Waals surface area contributed by atoms with Gasteiger partial charge in [-0.15, -0.1) is 0 Å². The molecule has 1 amide bonds. The van der Waals surface area contributed by atoms with Gasteiger partial charge in [0.1, 0.15) is 6.54 Å². The van der Waals surface area contributed by atoms with E-state index in [-0.39, 0.29) is 24.1 Å². The Morgan fingerprint density at radius 2 is 1.83 bits per heavy atom. The fourth-order valence-corrected chi connectivity index (χ4v) is 4.19. The van der Waals surface area contributed by atoms with Crippen molar-refractivity contribution in [1.82, 2.24) is 9.13 Å². The quantitative estimate of drug-likeness (QED) is 0.724. The number of para-hydroxylation sites is 1. The van der Waals surface area contributed by atoms with Crippen LogP contribution in [-0.2, 0) is 17.8 Å². The molecule has 0 bridgehead atoms. The molecule has 0 unspecified atom stereocenters. The number of hydrogen-bond acceptors (Lipinski definition) is 3. The molecule has 29 heavy (non-hydrogen) atoms. The van der Waals surface area contributed by atoms with Crippen LogP contribution in [0, 0.1) is 0 Å². The molecule has 4 rings (SSSR count). The van der Waals surface area contributed by atoms with Crippen molar-refractivity contribution in [3.63, 3.8) is 0 Å². The minimum atomic E-state index is -0.405. The highest BCUT2D eigenvalue weighted by Gasteiger charge is 2.23. The third kappa shape index (κ3) is 3.75. The molecule has 0 radical (unpaired) electrons. The predicted molar refractivity (Wildman–Crippen MR) is 114 cm³/mol. The van der Waals surface area contributed by atoms with Crippen molar-refractivity contribution in [1.29, 1.82) is 0 Å². The summed E-state index contributed by atoms with van der Waals surface area (Å²) in [6.07, 6.45) is 4.54. The number of nitrogens with zero attached hydrogens (tertiary/aromatic N) is 2. The molecule has 0 saturated heterocycles. The summed E-state index contributed by atoms with van der Waals surface area (Å²) < 4.78 is 2.79. The monoisotopic (exact) mass is 391 g/mol. The summed E-state index contributed by atoms with van der Waals surface area (Å²) in [6, 6.07) is 14.6. The highest BCUT2D eigenvalue weighted by atomic mass is 16.2. The van der Waals surface area contributed by atoms with Crippen LogP contribution in [0.25, 0.3) is 10.9 Å². The zero-order valence-corrected chi connectivity index (χ0v) is 16.6. The molecule has 1 fully saturated rings. The molecule has 1 aliphatic rings. The van der Waals surface area contributed by atoms with Crippen LogP contribution in [0.5, 0.6) is 0 Å². The second-order valence-corrected chi connectivity index (χ2v) is 7.60. The van der Waals surface area contributed by atoms with Crippen LogP contribution >= 0.6 is 0 Å². The van der Waals surface area contributed by atoms with E-state index in [1.165, 1.54) is 9.13 Å². The maximum Gasteiger partial charge on any atom is 0.332 e. The molecule has 1 aliphatic carbocycles. The average molecular weight is 391 g/mol. The molecule has 1 heterocycles. The van der Waals surface area contributed by atoms with Crippen LogP contribution in [0.2, 0.25) is 0 Å². The van der Waals surface area contributed by atoms with Crippen molar-refractivity contribution < 1.29 is 4.79 Å². The zero-order chi connectivity index (χ0) is 20.4. The Labute approximate surface area is 168 Å². The molecule has 1 aromatic heterocycles. The molecule has 6 heteroatoms. The maximum atomic E-state index is 13.2. The van der Waals surface area contributed by atoms with Crippen molar-refractivity contribution in [2.75, 3.05) is 5.32 Å². The highest BCUT2D eigenvalue weighted by molar-refractivity contribution is 5.91. The van der Waals surface area contributed by atoms with Gasteiger partial charge in [-0.05, 0) is 49.1 Å². The fourth-order valence-electron chi connectivity index (χ4n) is 4.19. The van der Waals surface area contributed by atoms with E-state index in [1.54, 1.807) is 24.3 Å². The molecule has 3 aromatic rings. The van der Waals surface area contributed by atoms with E-state index in [2.05, 4.69) is 12.2 Å². The van der Waals surface area contributed by atoms with Gasteiger partial charge in [-0.2, -0.15) is 0 Å². The van der Waals surface area contributed by atoms with Gasteiger partial charge in [0.15, 0.2) is 0 Å². The Bertz CT molecular complexity index is 1170. The summed E-state index contributed by atoms with van der Waals surface area (Å²) in [6.45, 7) is 1.92. The van der Waals surface area contributed by atoms with Crippen LogP contribution in [-0.4, -0.2) is 15.0 Å². The first-order valence-corrected chi connectivity index (χ1v) is 10.2. The normalized spacial score (nSPS) is 14.4. The molecule has 6 nitrogen and oxygen atoms in total. The van der Waals surface area contributed by atoms with Crippen molar-refractivity contribution in [2.24, 2.45) is 0 Å². The van der Waals surface area contributed by atoms with Gasteiger partial charge in [0.25, 0.3) is 5.56 Å². The number of amides is 1. The fraction of sp³-hybridized carbons (Fsp3) is 0.348.